The minimum absolute atomic E-state index is 0.273. The van der Waals surface area contributed by atoms with E-state index in [9.17, 15) is 4.79 Å². The Balaban J connectivity index is 2.00. The predicted molar refractivity (Wildman–Crippen MR) is 80.2 cm³/mol. The summed E-state index contributed by atoms with van der Waals surface area (Å²) in [5.74, 6) is 0.895. The van der Waals surface area contributed by atoms with E-state index in [-0.39, 0.29) is 6.09 Å². The first kappa shape index (κ1) is 13.0. The lowest BCUT2D eigenvalue weighted by Crippen LogP contribution is -2.39. The molecule has 0 unspecified atom stereocenters. The van der Waals surface area contributed by atoms with Crippen LogP contribution in [0, 0.1) is 0 Å². The first-order valence-electron chi connectivity index (χ1n) is 7.06. The summed E-state index contributed by atoms with van der Waals surface area (Å²) in [6, 6.07) is 8.18. The Kier molecular flexibility index (Phi) is 2.96. The maximum absolute atomic E-state index is 12.3. The Morgan fingerprint density at radius 2 is 2.05 bits per heavy atom. The highest BCUT2D eigenvalue weighted by atomic mass is 16.6. The molecular weight excluding hydrogens is 252 g/mol. The smallest absolute Gasteiger partial charge is 0.415 e. The number of carbonyl (C=O) groups is 1. The van der Waals surface area contributed by atoms with Crippen LogP contribution in [-0.2, 0) is 11.2 Å². The minimum atomic E-state index is -0.472. The summed E-state index contributed by atoms with van der Waals surface area (Å²) in [7, 11) is 0. The molecule has 0 spiro atoms. The normalized spacial score (nSPS) is 15.2. The second-order valence-corrected chi connectivity index (χ2v) is 6.23. The first-order valence-corrected chi connectivity index (χ1v) is 7.06. The summed E-state index contributed by atoms with van der Waals surface area (Å²) >= 11 is 0. The van der Waals surface area contributed by atoms with Gasteiger partial charge in [0.05, 0.1) is 0 Å². The van der Waals surface area contributed by atoms with Crippen molar-refractivity contribution in [3.05, 3.63) is 29.8 Å². The van der Waals surface area contributed by atoms with Gasteiger partial charge in [-0.15, -0.1) is 0 Å². The number of fused-ring (bicyclic) bond motifs is 3. The maximum atomic E-state index is 12.3. The zero-order valence-corrected chi connectivity index (χ0v) is 12.2. The zero-order valence-electron chi connectivity index (χ0n) is 12.2. The van der Waals surface area contributed by atoms with E-state index in [0.29, 0.717) is 6.54 Å². The number of aromatic nitrogens is 1. The van der Waals surface area contributed by atoms with Gasteiger partial charge in [-0.25, -0.2) is 4.79 Å². The summed E-state index contributed by atoms with van der Waals surface area (Å²) in [5.41, 5.74) is 1.83. The van der Waals surface area contributed by atoms with E-state index in [2.05, 4.69) is 11.1 Å². The first-order chi connectivity index (χ1) is 9.46. The van der Waals surface area contributed by atoms with Crippen LogP contribution in [0.5, 0.6) is 0 Å². The average molecular weight is 272 g/mol. The van der Waals surface area contributed by atoms with E-state index in [1.807, 2.05) is 39.0 Å². The SMILES string of the molecule is CC(C)(C)OC(=O)N1CCCc2c1[nH]c1ccccc21. The van der Waals surface area contributed by atoms with Crippen molar-refractivity contribution in [1.29, 1.82) is 0 Å². The summed E-state index contributed by atoms with van der Waals surface area (Å²) in [6.45, 7) is 6.37. The lowest BCUT2D eigenvalue weighted by Gasteiger charge is -2.29. The van der Waals surface area contributed by atoms with E-state index >= 15 is 0 Å². The largest absolute Gasteiger partial charge is 0.443 e. The van der Waals surface area contributed by atoms with Crippen LogP contribution >= 0.6 is 0 Å². The Morgan fingerprint density at radius 1 is 1.30 bits per heavy atom. The number of carbonyl (C=O) groups excluding carboxylic acids is 1. The number of hydrogen-bond acceptors (Lipinski definition) is 2. The molecule has 1 aliphatic rings. The lowest BCUT2D eigenvalue weighted by atomic mass is 10.0. The number of nitrogens with zero attached hydrogens (tertiary/aromatic N) is 1. The Labute approximate surface area is 118 Å². The number of amides is 1. The van der Waals surface area contributed by atoms with Gasteiger partial charge in [0, 0.05) is 23.0 Å². The van der Waals surface area contributed by atoms with Crippen LogP contribution in [0.4, 0.5) is 10.6 Å². The molecule has 0 bridgehead atoms. The molecule has 1 N–H and O–H groups in total. The fourth-order valence-electron chi connectivity index (χ4n) is 2.69. The van der Waals surface area contributed by atoms with Gasteiger partial charge in [-0.3, -0.25) is 4.90 Å². The maximum Gasteiger partial charge on any atom is 0.415 e. The summed E-state index contributed by atoms with van der Waals surface area (Å²) in [4.78, 5) is 17.4. The van der Waals surface area contributed by atoms with Crippen molar-refractivity contribution in [2.75, 3.05) is 11.4 Å². The second kappa shape index (κ2) is 4.54. The van der Waals surface area contributed by atoms with Gasteiger partial charge in [0.15, 0.2) is 0 Å². The lowest BCUT2D eigenvalue weighted by molar-refractivity contribution is 0.0577. The highest BCUT2D eigenvalue weighted by molar-refractivity contribution is 5.96. The van der Waals surface area contributed by atoms with Crippen molar-refractivity contribution in [2.24, 2.45) is 0 Å². The molecule has 106 valence electrons. The fraction of sp³-hybridized carbons (Fsp3) is 0.438. The molecule has 1 aromatic carbocycles. The van der Waals surface area contributed by atoms with Crippen molar-refractivity contribution in [2.45, 2.75) is 39.2 Å². The Hall–Kier alpha value is -1.97. The van der Waals surface area contributed by atoms with Crippen LogP contribution in [0.25, 0.3) is 10.9 Å². The average Bonchev–Trinajstić information content (AvgIpc) is 2.75. The zero-order chi connectivity index (χ0) is 14.3. The number of para-hydroxylation sites is 1. The van der Waals surface area contributed by atoms with Crippen LogP contribution in [-0.4, -0.2) is 23.2 Å². The summed E-state index contributed by atoms with van der Waals surface area (Å²) in [5, 5.41) is 1.20. The monoisotopic (exact) mass is 272 g/mol. The number of ether oxygens (including phenoxy) is 1. The van der Waals surface area contributed by atoms with E-state index in [0.717, 1.165) is 24.2 Å². The standard InChI is InChI=1S/C16H20N2O2/c1-16(2,3)20-15(19)18-10-6-8-12-11-7-4-5-9-13(11)17-14(12)18/h4-5,7,9,17H,6,8,10H2,1-3H3. The van der Waals surface area contributed by atoms with E-state index in [1.54, 1.807) is 4.90 Å². The number of H-pyrrole nitrogens is 1. The molecule has 4 heteroatoms. The third kappa shape index (κ3) is 2.26. The molecule has 20 heavy (non-hydrogen) atoms. The van der Waals surface area contributed by atoms with Crippen LogP contribution in [0.1, 0.15) is 32.8 Å². The van der Waals surface area contributed by atoms with Gasteiger partial charge in [0.1, 0.15) is 11.4 Å². The molecule has 3 rings (SSSR count). The Bertz CT molecular complexity index is 652. The highest BCUT2D eigenvalue weighted by Crippen LogP contribution is 2.34. The molecule has 0 saturated carbocycles. The van der Waals surface area contributed by atoms with Crippen LogP contribution in [0.15, 0.2) is 24.3 Å². The predicted octanol–water partition coefficient (Wildman–Crippen LogP) is 3.86. The molecule has 0 fully saturated rings. The number of rotatable bonds is 0. The molecule has 0 saturated heterocycles. The third-order valence-corrected chi connectivity index (χ3v) is 3.48. The fourth-order valence-corrected chi connectivity index (χ4v) is 2.69. The van der Waals surface area contributed by atoms with Gasteiger partial charge in [-0.1, -0.05) is 18.2 Å². The third-order valence-electron chi connectivity index (χ3n) is 3.48. The van der Waals surface area contributed by atoms with Gasteiger partial charge in [0.2, 0.25) is 0 Å². The summed E-state index contributed by atoms with van der Waals surface area (Å²) in [6.07, 6.45) is 1.69. The molecule has 0 radical (unpaired) electrons. The van der Waals surface area contributed by atoms with Gasteiger partial charge in [-0.05, 0) is 39.7 Å². The van der Waals surface area contributed by atoms with Crippen molar-refractivity contribution < 1.29 is 9.53 Å². The molecular formula is C16H20N2O2. The van der Waals surface area contributed by atoms with Crippen LogP contribution < -0.4 is 4.90 Å². The number of hydrogen-bond donors (Lipinski definition) is 1. The quantitative estimate of drug-likeness (QED) is 0.791. The number of nitrogens with one attached hydrogen (secondary N) is 1. The molecule has 1 aromatic heterocycles. The molecule has 2 aromatic rings. The van der Waals surface area contributed by atoms with Crippen LogP contribution in [0.2, 0.25) is 0 Å². The van der Waals surface area contributed by atoms with Gasteiger partial charge < -0.3 is 9.72 Å². The number of aromatic amines is 1. The van der Waals surface area contributed by atoms with Gasteiger partial charge in [-0.2, -0.15) is 0 Å². The van der Waals surface area contributed by atoms with Crippen molar-refractivity contribution in [3.8, 4) is 0 Å². The van der Waals surface area contributed by atoms with Gasteiger partial charge in [0.25, 0.3) is 0 Å². The minimum Gasteiger partial charge on any atom is -0.443 e. The molecule has 4 nitrogen and oxygen atoms in total. The summed E-state index contributed by atoms with van der Waals surface area (Å²) < 4.78 is 5.50. The van der Waals surface area contributed by atoms with Crippen molar-refractivity contribution in [1.82, 2.24) is 4.98 Å². The van der Waals surface area contributed by atoms with Gasteiger partial charge >= 0.3 is 6.09 Å². The molecule has 0 aliphatic carbocycles. The second-order valence-electron chi connectivity index (χ2n) is 6.23. The van der Waals surface area contributed by atoms with Crippen molar-refractivity contribution >= 4 is 22.8 Å². The highest BCUT2D eigenvalue weighted by Gasteiger charge is 2.29. The Morgan fingerprint density at radius 3 is 2.80 bits per heavy atom. The number of anilines is 1. The topological polar surface area (TPSA) is 45.3 Å². The number of benzene rings is 1. The molecule has 1 aliphatic heterocycles. The number of aryl methyl sites for hydroxylation is 1. The van der Waals surface area contributed by atoms with E-state index < -0.39 is 5.60 Å². The molecule has 0 atom stereocenters. The van der Waals surface area contributed by atoms with Crippen LogP contribution in [0.3, 0.4) is 0 Å². The van der Waals surface area contributed by atoms with Crippen molar-refractivity contribution in [3.63, 3.8) is 0 Å². The van der Waals surface area contributed by atoms with E-state index in [4.69, 9.17) is 4.74 Å². The molecule has 2 heterocycles. The van der Waals surface area contributed by atoms with E-state index in [1.165, 1.54) is 10.9 Å². The molecule has 1 amide bonds.